The van der Waals surface area contributed by atoms with Crippen LogP contribution in [-0.4, -0.2) is 20.0 Å². The standard InChI is InChI=1S/C6H9BrN2O/c1-9-3-5(8-4-9)6(10)2-7/h3-4,6,10H,2H2,1H3. The van der Waals surface area contributed by atoms with Crippen molar-refractivity contribution >= 4 is 15.9 Å². The molecule has 1 unspecified atom stereocenters. The fraction of sp³-hybridized carbons (Fsp3) is 0.500. The second-order valence-electron chi connectivity index (χ2n) is 2.13. The molecule has 1 N–H and O–H groups in total. The molecule has 0 amide bonds. The van der Waals surface area contributed by atoms with Crippen LogP contribution >= 0.6 is 15.9 Å². The number of nitrogens with zero attached hydrogens (tertiary/aromatic N) is 2. The molecule has 0 radical (unpaired) electrons. The molecular formula is C6H9BrN2O. The lowest BCUT2D eigenvalue weighted by molar-refractivity contribution is 0.201. The van der Waals surface area contributed by atoms with Crippen molar-refractivity contribution in [2.24, 2.45) is 7.05 Å². The molecule has 0 fully saturated rings. The average Bonchev–Trinajstić information content (AvgIpc) is 2.34. The van der Waals surface area contributed by atoms with Gasteiger partial charge in [-0.1, -0.05) is 15.9 Å². The van der Waals surface area contributed by atoms with E-state index in [-0.39, 0.29) is 0 Å². The highest BCUT2D eigenvalue weighted by atomic mass is 79.9. The molecule has 0 aliphatic carbocycles. The number of hydrogen-bond acceptors (Lipinski definition) is 2. The lowest BCUT2D eigenvalue weighted by Crippen LogP contribution is -1.97. The minimum Gasteiger partial charge on any atom is -0.386 e. The first-order chi connectivity index (χ1) is 4.74. The Morgan fingerprint density at radius 2 is 2.60 bits per heavy atom. The predicted molar refractivity (Wildman–Crippen MR) is 42.0 cm³/mol. The minimum atomic E-state index is -0.485. The van der Waals surface area contributed by atoms with Crippen LogP contribution in [0.25, 0.3) is 0 Å². The summed E-state index contributed by atoms with van der Waals surface area (Å²) in [6.07, 6.45) is 2.98. The van der Waals surface area contributed by atoms with Gasteiger partial charge in [0.2, 0.25) is 0 Å². The van der Waals surface area contributed by atoms with Crippen LogP contribution in [0, 0.1) is 0 Å². The summed E-state index contributed by atoms with van der Waals surface area (Å²) in [5, 5.41) is 9.75. The van der Waals surface area contributed by atoms with Crippen molar-refractivity contribution in [2.45, 2.75) is 6.10 Å². The van der Waals surface area contributed by atoms with Crippen LogP contribution in [-0.2, 0) is 7.05 Å². The van der Waals surface area contributed by atoms with E-state index in [0.717, 1.165) is 0 Å². The maximum Gasteiger partial charge on any atom is 0.107 e. The third kappa shape index (κ3) is 1.58. The van der Waals surface area contributed by atoms with E-state index in [4.69, 9.17) is 0 Å². The summed E-state index contributed by atoms with van der Waals surface area (Å²) >= 11 is 3.16. The van der Waals surface area contributed by atoms with Crippen LogP contribution in [0.15, 0.2) is 12.5 Å². The van der Waals surface area contributed by atoms with E-state index in [1.54, 1.807) is 17.1 Å². The molecule has 0 saturated carbocycles. The smallest absolute Gasteiger partial charge is 0.107 e. The first-order valence-corrected chi connectivity index (χ1v) is 4.08. The Morgan fingerprint density at radius 3 is 3.00 bits per heavy atom. The quantitative estimate of drug-likeness (QED) is 0.726. The van der Waals surface area contributed by atoms with Crippen LogP contribution in [0.4, 0.5) is 0 Å². The van der Waals surface area contributed by atoms with E-state index in [0.29, 0.717) is 11.0 Å². The normalized spacial score (nSPS) is 13.5. The van der Waals surface area contributed by atoms with Gasteiger partial charge in [0.1, 0.15) is 6.10 Å². The molecule has 0 aliphatic heterocycles. The lowest BCUT2D eigenvalue weighted by atomic mass is 10.3. The third-order valence-corrected chi connectivity index (χ3v) is 1.83. The fourth-order valence-electron chi connectivity index (χ4n) is 0.684. The Balaban J connectivity index is 2.74. The summed E-state index contributed by atoms with van der Waals surface area (Å²) in [6.45, 7) is 0. The monoisotopic (exact) mass is 204 g/mol. The van der Waals surface area contributed by atoms with Crippen molar-refractivity contribution in [3.8, 4) is 0 Å². The zero-order chi connectivity index (χ0) is 7.56. The molecule has 3 nitrogen and oxygen atoms in total. The van der Waals surface area contributed by atoms with Gasteiger partial charge in [-0.05, 0) is 0 Å². The van der Waals surface area contributed by atoms with E-state index in [9.17, 15) is 5.11 Å². The molecule has 4 heteroatoms. The number of imidazole rings is 1. The van der Waals surface area contributed by atoms with Crippen molar-refractivity contribution in [1.82, 2.24) is 9.55 Å². The van der Waals surface area contributed by atoms with Crippen LogP contribution in [0.5, 0.6) is 0 Å². The van der Waals surface area contributed by atoms with Gasteiger partial charge in [-0.3, -0.25) is 0 Å². The molecule has 56 valence electrons. The summed E-state index contributed by atoms with van der Waals surface area (Å²) in [7, 11) is 1.87. The molecular weight excluding hydrogens is 196 g/mol. The maximum absolute atomic E-state index is 9.22. The maximum atomic E-state index is 9.22. The number of halogens is 1. The molecule has 1 heterocycles. The predicted octanol–water partition coefficient (Wildman–Crippen LogP) is 0.848. The molecule has 1 atom stereocenters. The van der Waals surface area contributed by atoms with Crippen LogP contribution in [0.1, 0.15) is 11.8 Å². The summed E-state index contributed by atoms with van der Waals surface area (Å²) in [5.41, 5.74) is 0.708. The van der Waals surface area contributed by atoms with Crippen LogP contribution in [0.3, 0.4) is 0 Å². The first-order valence-electron chi connectivity index (χ1n) is 2.96. The topological polar surface area (TPSA) is 38.0 Å². The molecule has 1 aromatic heterocycles. The number of rotatable bonds is 2. The number of hydrogen-bond donors (Lipinski definition) is 1. The molecule has 0 aromatic carbocycles. The van der Waals surface area contributed by atoms with Gasteiger partial charge in [0.05, 0.1) is 12.0 Å². The van der Waals surface area contributed by atoms with E-state index in [1.165, 1.54) is 0 Å². The summed E-state index contributed by atoms with van der Waals surface area (Å²) in [6, 6.07) is 0. The Bertz CT molecular complexity index is 211. The second-order valence-corrected chi connectivity index (χ2v) is 2.78. The summed E-state index contributed by atoms with van der Waals surface area (Å²) in [5.74, 6) is 0. The van der Waals surface area contributed by atoms with Gasteiger partial charge in [0.15, 0.2) is 0 Å². The van der Waals surface area contributed by atoms with Gasteiger partial charge >= 0.3 is 0 Å². The van der Waals surface area contributed by atoms with Crippen molar-refractivity contribution in [3.63, 3.8) is 0 Å². The summed E-state index contributed by atoms with van der Waals surface area (Å²) in [4.78, 5) is 3.97. The Morgan fingerprint density at radius 1 is 1.90 bits per heavy atom. The highest BCUT2D eigenvalue weighted by Crippen LogP contribution is 2.10. The highest BCUT2D eigenvalue weighted by molar-refractivity contribution is 9.09. The lowest BCUT2D eigenvalue weighted by Gasteiger charge is -1.99. The Hall–Kier alpha value is -0.350. The van der Waals surface area contributed by atoms with Crippen molar-refractivity contribution in [1.29, 1.82) is 0 Å². The molecule has 0 bridgehead atoms. The minimum absolute atomic E-state index is 0.485. The van der Waals surface area contributed by atoms with E-state index >= 15 is 0 Å². The van der Waals surface area contributed by atoms with E-state index in [1.807, 2.05) is 7.05 Å². The molecule has 0 saturated heterocycles. The van der Waals surface area contributed by atoms with Crippen LogP contribution in [0.2, 0.25) is 0 Å². The first kappa shape index (κ1) is 7.75. The SMILES string of the molecule is Cn1cnc(C(O)CBr)c1. The molecule has 10 heavy (non-hydrogen) atoms. The third-order valence-electron chi connectivity index (χ3n) is 1.21. The highest BCUT2D eigenvalue weighted by Gasteiger charge is 2.06. The molecule has 0 aliphatic rings. The second kappa shape index (κ2) is 3.16. The van der Waals surface area contributed by atoms with Crippen LogP contribution < -0.4 is 0 Å². The molecule has 1 aromatic rings. The van der Waals surface area contributed by atoms with Gasteiger partial charge in [0.25, 0.3) is 0 Å². The van der Waals surface area contributed by atoms with E-state index in [2.05, 4.69) is 20.9 Å². The van der Waals surface area contributed by atoms with Gasteiger partial charge in [-0.25, -0.2) is 4.98 Å². The zero-order valence-electron chi connectivity index (χ0n) is 5.66. The van der Waals surface area contributed by atoms with Crippen molar-refractivity contribution in [3.05, 3.63) is 18.2 Å². The molecule has 1 rings (SSSR count). The van der Waals surface area contributed by atoms with Crippen molar-refractivity contribution < 1.29 is 5.11 Å². The number of aliphatic hydroxyl groups excluding tert-OH is 1. The molecule has 0 spiro atoms. The Kier molecular flexibility index (Phi) is 2.45. The summed E-state index contributed by atoms with van der Waals surface area (Å²) < 4.78 is 1.81. The van der Waals surface area contributed by atoms with Gasteiger partial charge in [-0.15, -0.1) is 0 Å². The number of aliphatic hydroxyl groups is 1. The number of aromatic nitrogens is 2. The number of alkyl halides is 1. The van der Waals surface area contributed by atoms with Gasteiger partial charge in [0, 0.05) is 18.6 Å². The average molecular weight is 205 g/mol. The van der Waals surface area contributed by atoms with Gasteiger partial charge < -0.3 is 9.67 Å². The van der Waals surface area contributed by atoms with Crippen molar-refractivity contribution in [2.75, 3.05) is 5.33 Å². The van der Waals surface area contributed by atoms with E-state index < -0.39 is 6.10 Å². The largest absolute Gasteiger partial charge is 0.386 e. The number of aryl methyl sites for hydroxylation is 1. The fourth-order valence-corrected chi connectivity index (χ4v) is 1.02. The van der Waals surface area contributed by atoms with Gasteiger partial charge in [-0.2, -0.15) is 0 Å². The zero-order valence-corrected chi connectivity index (χ0v) is 7.24. The Labute approximate surface area is 67.8 Å².